The molecule has 1 aromatic carbocycles. The van der Waals surface area contributed by atoms with Crippen LogP contribution in [-0.2, 0) is 14.8 Å². The highest BCUT2D eigenvalue weighted by molar-refractivity contribution is 6.31. The first kappa shape index (κ1) is 19.4. The van der Waals surface area contributed by atoms with Crippen LogP contribution in [-0.4, -0.2) is 31.9 Å². The maximum Gasteiger partial charge on any atom is 0.358 e. The molecule has 0 aliphatic carbocycles. The molecule has 2 rings (SSSR count). The van der Waals surface area contributed by atoms with Crippen molar-refractivity contribution in [3.63, 3.8) is 0 Å². The number of nitrogens with zero attached hydrogens (tertiary/aromatic N) is 2. The van der Waals surface area contributed by atoms with E-state index in [0.29, 0.717) is 12.3 Å². The lowest BCUT2D eigenvalue weighted by Crippen LogP contribution is -2.27. The van der Waals surface area contributed by atoms with Crippen LogP contribution in [0.4, 0.5) is 0 Å². The largest absolute Gasteiger partial charge is 0.461 e. The third-order valence-electron chi connectivity index (χ3n) is 3.77. The average Bonchev–Trinajstić information content (AvgIpc) is 3.03. The predicted octanol–water partition coefficient (Wildman–Crippen LogP) is 3.60. The van der Waals surface area contributed by atoms with E-state index < -0.39 is 15.7 Å². The van der Waals surface area contributed by atoms with Crippen molar-refractivity contribution < 1.29 is 14.0 Å². The normalized spacial score (nSPS) is 12.7. The van der Waals surface area contributed by atoms with Crippen LogP contribution in [0.5, 0.6) is 0 Å². The van der Waals surface area contributed by atoms with E-state index in [1.54, 1.807) is 19.4 Å². The maximum absolute atomic E-state index is 11.8. The van der Waals surface area contributed by atoms with Gasteiger partial charge in [-0.1, -0.05) is 32.9 Å². The zero-order valence-corrected chi connectivity index (χ0v) is 17.4. The maximum atomic E-state index is 11.8. The van der Waals surface area contributed by atoms with Gasteiger partial charge in [0.25, 0.3) is 0 Å². The zero-order chi connectivity index (χ0) is 18.7. The number of benzene rings is 1. The highest BCUT2D eigenvalue weighted by Crippen LogP contribution is 2.30. The number of rotatable bonds is 6. The molecule has 0 spiro atoms. The Bertz CT molecular complexity index is 732. The molecule has 0 unspecified atom stereocenters. The van der Waals surface area contributed by atoms with Crippen LogP contribution in [0.3, 0.4) is 0 Å². The van der Waals surface area contributed by atoms with Gasteiger partial charge in [-0.05, 0) is 43.5 Å². The van der Waals surface area contributed by atoms with E-state index in [0.717, 1.165) is 11.3 Å². The summed E-state index contributed by atoms with van der Waals surface area (Å²) < 4.78 is 13.1. The second-order valence-corrected chi connectivity index (χ2v) is 10.5. The minimum Gasteiger partial charge on any atom is -0.461 e. The van der Waals surface area contributed by atoms with Crippen LogP contribution < -0.4 is 0 Å². The molecule has 0 aliphatic rings. The highest BCUT2D eigenvalue weighted by Gasteiger charge is 2.24. The van der Waals surface area contributed by atoms with Crippen LogP contribution in [0.25, 0.3) is 5.69 Å². The van der Waals surface area contributed by atoms with Gasteiger partial charge in [0, 0.05) is 11.9 Å². The molecule has 6 heteroatoms. The third kappa shape index (κ3) is 5.27. The number of hydrogen-bond acceptors (Lipinski definition) is 4. The predicted molar refractivity (Wildman–Crippen MR) is 102 cm³/mol. The van der Waals surface area contributed by atoms with Crippen molar-refractivity contribution in [1.82, 2.24) is 9.55 Å². The summed E-state index contributed by atoms with van der Waals surface area (Å²) in [5.41, 5.74) is 2.01. The molecular weight excluding hydrogens is 332 g/mol. The Kier molecular flexibility index (Phi) is 5.85. The Hall–Kier alpha value is -1.92. The first-order chi connectivity index (χ1) is 11.6. The molecule has 2 aromatic rings. The molecule has 0 saturated heterocycles. The number of carbonyl (C=O) groups excluding carboxylic acids is 1. The van der Waals surface area contributed by atoms with Crippen molar-refractivity contribution in [2.75, 3.05) is 6.61 Å². The smallest absolute Gasteiger partial charge is 0.358 e. The second kappa shape index (κ2) is 7.54. The molecule has 0 bridgehead atoms. The fraction of sp³-hybridized carbons (Fsp3) is 0.474. The number of ether oxygens (including phenoxy) is 1. The monoisotopic (exact) mass is 360 g/mol. The summed E-state index contributed by atoms with van der Waals surface area (Å²) in [5, 5.41) is 0.244. The molecule has 25 heavy (non-hydrogen) atoms. The summed E-state index contributed by atoms with van der Waals surface area (Å²) in [6.07, 6.45) is 3.32. The van der Waals surface area contributed by atoms with Gasteiger partial charge in [0.05, 0.1) is 12.2 Å². The van der Waals surface area contributed by atoms with E-state index in [9.17, 15) is 4.79 Å². The van der Waals surface area contributed by atoms with Gasteiger partial charge in [-0.15, -0.1) is 0 Å². The van der Waals surface area contributed by atoms with E-state index in [4.69, 9.17) is 9.16 Å². The minimum absolute atomic E-state index is 0.244. The number of esters is 1. The number of imidazole rings is 1. The van der Waals surface area contributed by atoms with Gasteiger partial charge in [-0.3, -0.25) is 0 Å². The van der Waals surface area contributed by atoms with Crippen LogP contribution in [0.15, 0.2) is 36.8 Å². The Morgan fingerprint density at radius 1 is 1.24 bits per heavy atom. The SMILES string of the molecule is CCOC(=O)c1cn(-c2cccc(C(C)(C)O[SiH2]C(C)(C)C)c2)cn1. The van der Waals surface area contributed by atoms with Crippen LogP contribution in [0.1, 0.15) is 57.6 Å². The van der Waals surface area contributed by atoms with Gasteiger partial charge in [0.1, 0.15) is 6.33 Å². The van der Waals surface area contributed by atoms with Crippen molar-refractivity contribution in [3.8, 4) is 5.69 Å². The van der Waals surface area contributed by atoms with Gasteiger partial charge in [0.2, 0.25) is 0 Å². The molecule has 136 valence electrons. The standard InChI is InChI=1S/C19H28N2O3Si/c1-7-23-17(22)16-12-21(13-20-16)15-10-8-9-14(11-15)19(5,6)24-25-18(2,3)4/h8-13H,7,25H2,1-6H3. The van der Waals surface area contributed by atoms with E-state index in [1.807, 2.05) is 16.7 Å². The molecule has 0 fully saturated rings. The van der Waals surface area contributed by atoms with Gasteiger partial charge in [-0.2, -0.15) is 0 Å². The zero-order valence-electron chi connectivity index (χ0n) is 16.0. The first-order valence-corrected chi connectivity index (χ1v) is 9.87. The summed E-state index contributed by atoms with van der Waals surface area (Å²) >= 11 is 0. The third-order valence-corrected chi connectivity index (χ3v) is 5.50. The molecule has 0 atom stereocenters. The fourth-order valence-electron chi connectivity index (χ4n) is 2.30. The molecule has 0 radical (unpaired) electrons. The second-order valence-electron chi connectivity index (χ2n) is 7.80. The minimum atomic E-state index is -0.666. The Morgan fingerprint density at radius 2 is 1.96 bits per heavy atom. The van der Waals surface area contributed by atoms with E-state index in [2.05, 4.69) is 51.7 Å². The van der Waals surface area contributed by atoms with Crippen molar-refractivity contribution >= 4 is 15.7 Å². The lowest BCUT2D eigenvalue weighted by atomic mass is 9.98. The van der Waals surface area contributed by atoms with Gasteiger partial charge in [0.15, 0.2) is 15.5 Å². The molecule has 0 N–H and O–H groups in total. The number of hydrogen-bond donors (Lipinski definition) is 0. The number of carbonyl (C=O) groups is 1. The summed E-state index contributed by atoms with van der Waals surface area (Å²) in [7, 11) is -0.666. The first-order valence-electron chi connectivity index (χ1n) is 8.58. The highest BCUT2D eigenvalue weighted by atomic mass is 28.2. The van der Waals surface area contributed by atoms with E-state index >= 15 is 0 Å². The molecule has 1 heterocycles. The van der Waals surface area contributed by atoms with E-state index in [-0.39, 0.29) is 10.6 Å². The summed E-state index contributed by atoms with van der Waals surface area (Å²) in [6, 6.07) is 8.13. The van der Waals surface area contributed by atoms with Crippen molar-refractivity contribution in [3.05, 3.63) is 48.0 Å². The Labute approximate surface area is 152 Å². The summed E-state index contributed by atoms with van der Waals surface area (Å²) in [4.78, 5) is 15.9. The van der Waals surface area contributed by atoms with E-state index in [1.165, 1.54) is 0 Å². The molecule has 0 amide bonds. The molecule has 1 aromatic heterocycles. The Morgan fingerprint density at radius 3 is 2.60 bits per heavy atom. The lowest BCUT2D eigenvalue weighted by molar-refractivity contribution is 0.0520. The number of aromatic nitrogens is 2. The van der Waals surface area contributed by atoms with Gasteiger partial charge in [-0.25, -0.2) is 9.78 Å². The van der Waals surface area contributed by atoms with Crippen LogP contribution in [0.2, 0.25) is 5.04 Å². The summed E-state index contributed by atoms with van der Waals surface area (Å²) in [6.45, 7) is 13.0. The molecule has 0 aliphatic heterocycles. The van der Waals surface area contributed by atoms with Crippen LogP contribution >= 0.6 is 0 Å². The Balaban J connectivity index is 2.22. The lowest BCUT2D eigenvalue weighted by Gasteiger charge is -2.30. The van der Waals surface area contributed by atoms with Crippen molar-refractivity contribution in [1.29, 1.82) is 0 Å². The topological polar surface area (TPSA) is 53.4 Å². The average molecular weight is 361 g/mol. The van der Waals surface area contributed by atoms with Crippen molar-refractivity contribution in [2.45, 2.75) is 52.2 Å². The molecule has 0 saturated carbocycles. The van der Waals surface area contributed by atoms with Crippen LogP contribution in [0, 0.1) is 0 Å². The fourth-order valence-corrected chi connectivity index (χ4v) is 3.26. The quantitative estimate of drug-likeness (QED) is 0.583. The molecular formula is C19H28N2O3Si. The van der Waals surface area contributed by atoms with Gasteiger partial charge >= 0.3 is 5.97 Å². The molecule has 5 nitrogen and oxygen atoms in total. The van der Waals surface area contributed by atoms with Crippen molar-refractivity contribution in [2.24, 2.45) is 0 Å². The summed E-state index contributed by atoms with van der Waals surface area (Å²) in [5.74, 6) is -0.405. The van der Waals surface area contributed by atoms with Gasteiger partial charge < -0.3 is 13.7 Å².